The second-order valence-corrected chi connectivity index (χ2v) is 5.55. The Balaban J connectivity index is 1.84. The van der Waals surface area contributed by atoms with Gasteiger partial charge in [0.25, 0.3) is 0 Å². The Labute approximate surface area is 115 Å². The summed E-state index contributed by atoms with van der Waals surface area (Å²) >= 11 is 1.41. The number of H-pyrrole nitrogens is 1. The van der Waals surface area contributed by atoms with Crippen molar-refractivity contribution >= 4 is 28.0 Å². The molecule has 0 spiro atoms. The Hall–Kier alpha value is -1.94. The first-order chi connectivity index (χ1) is 9.25. The monoisotopic (exact) mass is 270 g/mol. The number of carbonyl (C=O) groups is 1. The number of rotatable bonds is 4. The van der Waals surface area contributed by atoms with Gasteiger partial charge in [-0.3, -0.25) is 4.79 Å². The standard InChI is InChI=1S/C15H14N2OS/c1-10(8-14(18)15-16-6-7-19-15)12-9-17-13-5-3-2-4-11(12)13/h2-7,9-10,17H,8H2,1H3/t10-/m0/s1. The SMILES string of the molecule is C[C@@H](CC(=O)c1nccs1)c1c[nH]c2ccccc12. The number of nitrogens with zero attached hydrogens (tertiary/aromatic N) is 1. The van der Waals surface area contributed by atoms with Crippen LogP contribution in [0.4, 0.5) is 0 Å². The lowest BCUT2D eigenvalue weighted by molar-refractivity contribution is 0.0975. The van der Waals surface area contributed by atoms with Gasteiger partial charge in [0.2, 0.25) is 0 Å². The zero-order valence-corrected chi connectivity index (χ0v) is 11.4. The predicted octanol–water partition coefficient (Wildman–Crippen LogP) is 4.00. The lowest BCUT2D eigenvalue weighted by Crippen LogP contribution is -2.04. The summed E-state index contributed by atoms with van der Waals surface area (Å²) in [4.78, 5) is 19.4. The molecule has 2 aromatic heterocycles. The van der Waals surface area contributed by atoms with Crippen LogP contribution in [0, 0.1) is 0 Å². The zero-order valence-electron chi connectivity index (χ0n) is 10.6. The molecule has 3 aromatic rings. The molecule has 19 heavy (non-hydrogen) atoms. The molecule has 0 aliphatic carbocycles. The molecule has 0 saturated heterocycles. The van der Waals surface area contributed by atoms with Gasteiger partial charge in [0.15, 0.2) is 10.8 Å². The lowest BCUT2D eigenvalue weighted by Gasteiger charge is -2.08. The van der Waals surface area contributed by atoms with Crippen molar-refractivity contribution in [1.29, 1.82) is 0 Å². The van der Waals surface area contributed by atoms with Crippen LogP contribution in [-0.2, 0) is 0 Å². The molecular formula is C15H14N2OS. The van der Waals surface area contributed by atoms with E-state index in [2.05, 4.69) is 23.0 Å². The van der Waals surface area contributed by atoms with Crippen molar-refractivity contribution in [1.82, 2.24) is 9.97 Å². The van der Waals surface area contributed by atoms with Crippen LogP contribution in [-0.4, -0.2) is 15.8 Å². The molecule has 0 aliphatic rings. The van der Waals surface area contributed by atoms with Crippen LogP contribution in [0.15, 0.2) is 42.0 Å². The van der Waals surface area contributed by atoms with E-state index in [1.54, 1.807) is 6.20 Å². The molecule has 1 N–H and O–H groups in total. The highest BCUT2D eigenvalue weighted by atomic mass is 32.1. The summed E-state index contributed by atoms with van der Waals surface area (Å²) in [6, 6.07) is 8.17. The van der Waals surface area contributed by atoms with Crippen LogP contribution >= 0.6 is 11.3 Å². The van der Waals surface area contributed by atoms with Gasteiger partial charge in [-0.2, -0.15) is 0 Å². The number of aromatic amines is 1. The number of nitrogens with one attached hydrogen (secondary N) is 1. The third kappa shape index (κ3) is 2.31. The minimum Gasteiger partial charge on any atom is -0.361 e. The van der Waals surface area contributed by atoms with Gasteiger partial charge in [-0.25, -0.2) is 4.98 Å². The van der Waals surface area contributed by atoms with Gasteiger partial charge in [-0.15, -0.1) is 11.3 Å². The molecule has 0 fully saturated rings. The van der Waals surface area contributed by atoms with Gasteiger partial charge in [-0.1, -0.05) is 25.1 Å². The maximum Gasteiger partial charge on any atom is 0.191 e. The minimum absolute atomic E-state index is 0.118. The maximum atomic E-state index is 12.1. The first-order valence-corrected chi connectivity index (χ1v) is 7.12. The van der Waals surface area contributed by atoms with Crippen molar-refractivity contribution in [2.24, 2.45) is 0 Å². The summed E-state index contributed by atoms with van der Waals surface area (Å²) in [5.41, 5.74) is 2.31. The number of fused-ring (bicyclic) bond motifs is 1. The van der Waals surface area contributed by atoms with Crippen LogP contribution < -0.4 is 0 Å². The molecule has 3 nitrogen and oxygen atoms in total. The number of hydrogen-bond acceptors (Lipinski definition) is 3. The molecule has 0 saturated carbocycles. The maximum absolute atomic E-state index is 12.1. The van der Waals surface area contributed by atoms with Gasteiger partial charge < -0.3 is 4.98 Å². The number of Topliss-reactive ketones (excluding diaryl/α,β-unsaturated/α-hetero) is 1. The molecule has 4 heteroatoms. The number of carbonyl (C=O) groups excluding carboxylic acids is 1. The topological polar surface area (TPSA) is 45.8 Å². The number of para-hydroxylation sites is 1. The smallest absolute Gasteiger partial charge is 0.191 e. The molecule has 0 unspecified atom stereocenters. The average Bonchev–Trinajstić information content (AvgIpc) is 3.08. The van der Waals surface area contributed by atoms with Gasteiger partial charge in [-0.05, 0) is 17.5 Å². The molecule has 1 atom stereocenters. The van der Waals surface area contributed by atoms with E-state index in [-0.39, 0.29) is 11.7 Å². The van der Waals surface area contributed by atoms with E-state index >= 15 is 0 Å². The number of thiazole rings is 1. The third-order valence-corrected chi connectivity index (χ3v) is 4.13. The van der Waals surface area contributed by atoms with Gasteiger partial charge in [0, 0.05) is 35.1 Å². The van der Waals surface area contributed by atoms with Crippen molar-refractivity contribution in [3.8, 4) is 0 Å². The van der Waals surface area contributed by atoms with E-state index in [9.17, 15) is 4.79 Å². The summed E-state index contributed by atoms with van der Waals surface area (Å²) in [5.74, 6) is 0.306. The lowest BCUT2D eigenvalue weighted by atomic mass is 9.95. The minimum atomic E-state index is 0.118. The number of aromatic nitrogens is 2. The summed E-state index contributed by atoms with van der Waals surface area (Å²) in [6.07, 6.45) is 4.17. The van der Waals surface area contributed by atoms with Crippen LogP contribution in [0.1, 0.15) is 34.6 Å². The van der Waals surface area contributed by atoms with E-state index in [1.807, 2.05) is 29.8 Å². The summed E-state index contributed by atoms with van der Waals surface area (Å²) in [5, 5.41) is 3.64. The van der Waals surface area contributed by atoms with Crippen LogP contribution in [0.3, 0.4) is 0 Å². The predicted molar refractivity (Wildman–Crippen MR) is 77.8 cm³/mol. The fraction of sp³-hybridized carbons (Fsp3) is 0.200. The number of benzene rings is 1. The fourth-order valence-electron chi connectivity index (χ4n) is 2.34. The largest absolute Gasteiger partial charge is 0.361 e. The highest BCUT2D eigenvalue weighted by molar-refractivity contribution is 7.11. The van der Waals surface area contributed by atoms with Crippen molar-refractivity contribution < 1.29 is 4.79 Å². The number of hydrogen-bond donors (Lipinski definition) is 1. The van der Waals surface area contributed by atoms with Crippen molar-refractivity contribution in [3.63, 3.8) is 0 Å². The van der Waals surface area contributed by atoms with E-state index in [4.69, 9.17) is 0 Å². The fourth-order valence-corrected chi connectivity index (χ4v) is 2.93. The Morgan fingerprint density at radius 2 is 2.26 bits per heavy atom. The average molecular weight is 270 g/mol. The Morgan fingerprint density at radius 3 is 3.05 bits per heavy atom. The van der Waals surface area contributed by atoms with Crippen molar-refractivity contribution in [3.05, 3.63) is 52.6 Å². The Kier molecular flexibility index (Phi) is 3.17. The van der Waals surface area contributed by atoms with Gasteiger partial charge >= 0.3 is 0 Å². The molecule has 96 valence electrons. The van der Waals surface area contributed by atoms with Crippen LogP contribution in [0.5, 0.6) is 0 Å². The first kappa shape index (κ1) is 12.1. The quantitative estimate of drug-likeness (QED) is 0.728. The Bertz CT molecular complexity index is 700. The first-order valence-electron chi connectivity index (χ1n) is 6.24. The summed E-state index contributed by atoms with van der Waals surface area (Å²) in [6.45, 7) is 2.08. The summed E-state index contributed by atoms with van der Waals surface area (Å²) < 4.78 is 0. The molecule has 3 rings (SSSR count). The molecule has 0 amide bonds. The van der Waals surface area contributed by atoms with E-state index < -0.39 is 0 Å². The molecule has 0 radical (unpaired) electrons. The van der Waals surface area contributed by atoms with Crippen LogP contribution in [0.2, 0.25) is 0 Å². The van der Waals surface area contributed by atoms with Crippen molar-refractivity contribution in [2.45, 2.75) is 19.3 Å². The molecule has 1 aromatic carbocycles. The summed E-state index contributed by atoms with van der Waals surface area (Å²) in [7, 11) is 0. The Morgan fingerprint density at radius 1 is 1.42 bits per heavy atom. The van der Waals surface area contributed by atoms with E-state index in [1.165, 1.54) is 22.3 Å². The van der Waals surface area contributed by atoms with Crippen molar-refractivity contribution in [2.75, 3.05) is 0 Å². The second kappa shape index (κ2) is 4.97. The second-order valence-electron chi connectivity index (χ2n) is 4.66. The van der Waals surface area contributed by atoms with Gasteiger partial charge in [0.1, 0.15) is 0 Å². The van der Waals surface area contributed by atoms with E-state index in [0.717, 1.165) is 5.52 Å². The van der Waals surface area contributed by atoms with E-state index in [0.29, 0.717) is 11.4 Å². The zero-order chi connectivity index (χ0) is 13.2. The molecule has 0 aliphatic heterocycles. The van der Waals surface area contributed by atoms with Gasteiger partial charge in [0.05, 0.1) is 0 Å². The molecule has 2 heterocycles. The molecule has 0 bridgehead atoms. The third-order valence-electron chi connectivity index (χ3n) is 3.31. The highest BCUT2D eigenvalue weighted by Crippen LogP contribution is 2.28. The highest BCUT2D eigenvalue weighted by Gasteiger charge is 2.17. The number of ketones is 1. The normalized spacial score (nSPS) is 12.7. The van der Waals surface area contributed by atoms with Crippen LogP contribution in [0.25, 0.3) is 10.9 Å². The molecular weight excluding hydrogens is 256 g/mol.